The Morgan fingerprint density at radius 3 is 2.09 bits per heavy atom. The van der Waals surface area contributed by atoms with Crippen LogP contribution >= 0.6 is 0 Å². The average Bonchev–Trinajstić information content (AvgIpc) is 2.76. The van der Waals surface area contributed by atoms with Gasteiger partial charge in [0.1, 0.15) is 11.8 Å². The van der Waals surface area contributed by atoms with Crippen molar-refractivity contribution in [2.45, 2.75) is 39.3 Å². The lowest BCUT2D eigenvalue weighted by Gasteiger charge is -2.30. The molecule has 176 valence electrons. The number of ether oxygens (including phenoxy) is 3. The maximum Gasteiger partial charge on any atom is 0.244 e. The van der Waals surface area contributed by atoms with E-state index in [2.05, 4.69) is 5.32 Å². The van der Waals surface area contributed by atoms with Crippen molar-refractivity contribution in [2.24, 2.45) is 0 Å². The number of nitrogens with one attached hydrogen (secondary N) is 1. The van der Waals surface area contributed by atoms with Crippen molar-refractivity contribution in [2.75, 3.05) is 31.9 Å². The van der Waals surface area contributed by atoms with Crippen LogP contribution in [0.1, 0.15) is 37.4 Å². The fraction of sp³-hybridized carbons (Fsp3) is 0.435. The minimum absolute atomic E-state index is 0.277. The Balaban J connectivity index is 2.35. The number of hydrogen-bond acceptors (Lipinski definition) is 6. The Kier molecular flexibility index (Phi) is 8.38. The van der Waals surface area contributed by atoms with E-state index in [4.69, 9.17) is 14.2 Å². The Bertz CT molecular complexity index is 1050. The lowest BCUT2D eigenvalue weighted by Crippen LogP contribution is -2.48. The van der Waals surface area contributed by atoms with Gasteiger partial charge in [-0.1, -0.05) is 19.1 Å². The molecule has 0 heterocycles. The van der Waals surface area contributed by atoms with Crippen LogP contribution in [0.3, 0.4) is 0 Å². The van der Waals surface area contributed by atoms with Crippen LogP contribution in [-0.4, -0.2) is 48.0 Å². The van der Waals surface area contributed by atoms with E-state index in [1.807, 2.05) is 32.0 Å². The molecule has 2 rings (SSSR count). The molecule has 0 spiro atoms. The summed E-state index contributed by atoms with van der Waals surface area (Å²) in [5.74, 6) is 1.18. The van der Waals surface area contributed by atoms with E-state index >= 15 is 0 Å². The van der Waals surface area contributed by atoms with Crippen molar-refractivity contribution >= 4 is 21.6 Å². The number of sulfonamides is 1. The number of carbonyl (C=O) groups is 1. The molecule has 0 saturated carbocycles. The normalized spacial score (nSPS) is 13.1. The number of amides is 1. The molecule has 0 bridgehead atoms. The number of anilines is 1. The first kappa shape index (κ1) is 25.3. The summed E-state index contributed by atoms with van der Waals surface area (Å²) in [6.45, 7) is 5.44. The first-order chi connectivity index (χ1) is 15.1. The van der Waals surface area contributed by atoms with Crippen LogP contribution in [0, 0.1) is 6.92 Å². The summed E-state index contributed by atoms with van der Waals surface area (Å²) in [6, 6.07) is 9.16. The summed E-state index contributed by atoms with van der Waals surface area (Å²) >= 11 is 0. The fourth-order valence-corrected chi connectivity index (χ4v) is 4.77. The van der Waals surface area contributed by atoms with Crippen LogP contribution in [0.15, 0.2) is 36.4 Å². The molecular formula is C23H32N2O6S. The van der Waals surface area contributed by atoms with Crippen molar-refractivity contribution in [3.8, 4) is 17.2 Å². The summed E-state index contributed by atoms with van der Waals surface area (Å²) in [6.07, 6.45) is 1.71. The number of nitrogens with zero attached hydrogens (tertiary/aromatic N) is 1. The van der Waals surface area contributed by atoms with Crippen LogP contribution in [0.5, 0.6) is 17.2 Å². The van der Waals surface area contributed by atoms with Gasteiger partial charge in [0.2, 0.25) is 15.9 Å². The third-order valence-electron chi connectivity index (χ3n) is 5.26. The third-order valence-corrected chi connectivity index (χ3v) is 6.50. The molecule has 2 aromatic carbocycles. The average molecular weight is 465 g/mol. The van der Waals surface area contributed by atoms with Crippen LogP contribution in [0.4, 0.5) is 5.69 Å². The zero-order chi connectivity index (χ0) is 24.1. The first-order valence-corrected chi connectivity index (χ1v) is 12.1. The van der Waals surface area contributed by atoms with Gasteiger partial charge in [-0.2, -0.15) is 0 Å². The summed E-state index contributed by atoms with van der Waals surface area (Å²) in [4.78, 5) is 13.1. The third kappa shape index (κ3) is 5.64. The zero-order valence-electron chi connectivity index (χ0n) is 19.6. The predicted octanol–water partition coefficient (Wildman–Crippen LogP) is 3.44. The van der Waals surface area contributed by atoms with Gasteiger partial charge in [-0.15, -0.1) is 0 Å². The maximum atomic E-state index is 13.1. The highest BCUT2D eigenvalue weighted by Gasteiger charge is 2.31. The number of methoxy groups -OCH3 is 3. The largest absolute Gasteiger partial charge is 0.496 e. The molecule has 0 aliphatic rings. The number of hydrogen-bond donors (Lipinski definition) is 1. The van der Waals surface area contributed by atoms with Crippen LogP contribution in [-0.2, 0) is 14.8 Å². The van der Waals surface area contributed by atoms with Gasteiger partial charge in [0.25, 0.3) is 0 Å². The first-order valence-electron chi connectivity index (χ1n) is 10.2. The molecular weight excluding hydrogens is 432 g/mol. The van der Waals surface area contributed by atoms with Crippen molar-refractivity contribution in [1.82, 2.24) is 5.32 Å². The second kappa shape index (κ2) is 10.6. The maximum absolute atomic E-state index is 13.1. The molecule has 0 aromatic heterocycles. The van der Waals surface area contributed by atoms with Crippen LogP contribution in [0.25, 0.3) is 0 Å². The van der Waals surface area contributed by atoms with Crippen LogP contribution in [0.2, 0.25) is 0 Å². The predicted molar refractivity (Wildman–Crippen MR) is 125 cm³/mol. The zero-order valence-corrected chi connectivity index (χ0v) is 20.4. The van der Waals surface area contributed by atoms with Gasteiger partial charge >= 0.3 is 0 Å². The van der Waals surface area contributed by atoms with Crippen molar-refractivity contribution < 1.29 is 27.4 Å². The molecule has 0 aliphatic heterocycles. The Labute approximate surface area is 190 Å². The molecule has 0 unspecified atom stereocenters. The second-order valence-corrected chi connectivity index (χ2v) is 9.33. The van der Waals surface area contributed by atoms with Gasteiger partial charge in [-0.05, 0) is 49.6 Å². The molecule has 9 heteroatoms. The summed E-state index contributed by atoms with van der Waals surface area (Å²) in [5, 5.41) is 2.98. The molecule has 0 aliphatic carbocycles. The molecule has 0 fully saturated rings. The lowest BCUT2D eigenvalue weighted by atomic mass is 10.0. The minimum Gasteiger partial charge on any atom is -0.496 e. The number of benzene rings is 2. The van der Waals surface area contributed by atoms with Gasteiger partial charge in [-0.3, -0.25) is 9.10 Å². The van der Waals surface area contributed by atoms with Gasteiger partial charge in [-0.25, -0.2) is 8.42 Å². The second-order valence-electron chi connectivity index (χ2n) is 7.47. The summed E-state index contributed by atoms with van der Waals surface area (Å²) in [5.41, 5.74) is 2.18. The van der Waals surface area contributed by atoms with E-state index in [1.165, 1.54) is 20.3 Å². The Morgan fingerprint density at radius 1 is 1.00 bits per heavy atom. The number of aryl methyl sites for hydroxylation is 1. The van der Waals surface area contributed by atoms with Crippen LogP contribution < -0.4 is 23.8 Å². The van der Waals surface area contributed by atoms with E-state index in [0.717, 1.165) is 27.4 Å². The van der Waals surface area contributed by atoms with Crippen molar-refractivity contribution in [1.29, 1.82) is 0 Å². The SMILES string of the molecule is CC[C@H](NC(=O)[C@H](C)N(c1ccc(OC)c(OC)c1)S(C)(=O)=O)c1ccc(OC)c(C)c1. The molecule has 8 nitrogen and oxygen atoms in total. The van der Waals surface area contributed by atoms with E-state index in [0.29, 0.717) is 23.6 Å². The Morgan fingerprint density at radius 2 is 1.59 bits per heavy atom. The quantitative estimate of drug-likeness (QED) is 0.579. The Hall–Kier alpha value is -2.94. The van der Waals surface area contributed by atoms with E-state index < -0.39 is 22.0 Å². The van der Waals surface area contributed by atoms with Crippen molar-refractivity contribution in [3.05, 3.63) is 47.5 Å². The van der Waals surface area contributed by atoms with Gasteiger partial charge in [0.05, 0.1) is 39.3 Å². The highest BCUT2D eigenvalue weighted by molar-refractivity contribution is 7.92. The summed E-state index contributed by atoms with van der Waals surface area (Å²) < 4.78 is 42.2. The number of rotatable bonds is 10. The monoisotopic (exact) mass is 464 g/mol. The standard InChI is InChI=1S/C23H32N2O6S/c1-8-19(17-9-11-20(29-4)15(2)13-17)24-23(26)16(3)25(32(7,27)28)18-10-12-21(30-5)22(14-18)31-6/h9-14,16,19H,8H2,1-7H3,(H,24,26)/t16-,19-/m0/s1. The topological polar surface area (TPSA) is 94.2 Å². The molecule has 1 amide bonds. The smallest absolute Gasteiger partial charge is 0.244 e. The molecule has 2 atom stereocenters. The van der Waals surface area contributed by atoms with Gasteiger partial charge in [0, 0.05) is 6.07 Å². The molecule has 32 heavy (non-hydrogen) atoms. The van der Waals surface area contributed by atoms with Crippen molar-refractivity contribution in [3.63, 3.8) is 0 Å². The highest BCUT2D eigenvalue weighted by atomic mass is 32.2. The van der Waals surface area contributed by atoms with E-state index in [-0.39, 0.29) is 6.04 Å². The number of carbonyl (C=O) groups excluding carboxylic acids is 1. The van der Waals surface area contributed by atoms with E-state index in [9.17, 15) is 13.2 Å². The highest BCUT2D eigenvalue weighted by Crippen LogP contribution is 2.33. The molecule has 2 aromatic rings. The minimum atomic E-state index is -3.77. The van der Waals surface area contributed by atoms with E-state index in [1.54, 1.807) is 26.2 Å². The summed E-state index contributed by atoms with van der Waals surface area (Å²) in [7, 11) is 0.795. The van der Waals surface area contributed by atoms with Gasteiger partial charge in [0.15, 0.2) is 11.5 Å². The molecule has 0 saturated heterocycles. The molecule has 1 N–H and O–H groups in total. The fourth-order valence-electron chi connectivity index (χ4n) is 3.60. The van der Waals surface area contributed by atoms with Gasteiger partial charge < -0.3 is 19.5 Å². The lowest BCUT2D eigenvalue weighted by molar-refractivity contribution is -0.122. The molecule has 0 radical (unpaired) electrons.